The Bertz CT molecular complexity index is 1170. The number of carbonyl (C=O) groups excluding carboxylic acids is 1. The van der Waals surface area contributed by atoms with E-state index in [1.807, 2.05) is 54.6 Å². The van der Waals surface area contributed by atoms with Gasteiger partial charge in [0.25, 0.3) is 5.91 Å². The molecule has 7 heteroatoms. The van der Waals surface area contributed by atoms with Crippen LogP contribution in [0.4, 0.5) is 11.5 Å². The summed E-state index contributed by atoms with van der Waals surface area (Å²) >= 11 is 0. The number of nitrogens with one attached hydrogen (secondary N) is 2. The number of para-hydroxylation sites is 2. The lowest BCUT2D eigenvalue weighted by Gasteiger charge is -2.10. The number of anilines is 2. The number of ether oxygens (including phenoxy) is 1. The smallest absolute Gasteiger partial charge is 0.270 e. The average molecular weight is 399 g/mol. The minimum atomic E-state index is -0.258. The molecule has 0 atom stereocenters. The minimum absolute atomic E-state index is 0.258. The first-order valence-corrected chi connectivity index (χ1v) is 9.57. The molecule has 0 aliphatic carbocycles. The maximum absolute atomic E-state index is 12.5. The normalized spacial score (nSPS) is 10.6. The quantitative estimate of drug-likeness (QED) is 0.492. The third-order valence-electron chi connectivity index (χ3n) is 4.67. The number of amides is 1. The van der Waals surface area contributed by atoms with E-state index in [4.69, 9.17) is 4.74 Å². The van der Waals surface area contributed by atoms with E-state index in [2.05, 4.69) is 25.6 Å². The number of pyridine rings is 1. The van der Waals surface area contributed by atoms with Crippen molar-refractivity contribution in [1.29, 1.82) is 0 Å². The van der Waals surface area contributed by atoms with Gasteiger partial charge in [-0.25, -0.2) is 9.97 Å². The van der Waals surface area contributed by atoms with Crippen molar-refractivity contribution in [3.63, 3.8) is 0 Å². The standard InChI is InChI=1S/C23H21N5O2/c1-30-20-10-3-2-6-16(20)11-13-25-23(29)19-14-21(27-15-26-19)28-18-9-4-7-17-8-5-12-24-22(17)18/h2-10,12,14-15H,11,13H2,1H3,(H,25,29)(H,26,27,28). The summed E-state index contributed by atoms with van der Waals surface area (Å²) in [5, 5.41) is 7.14. The largest absolute Gasteiger partial charge is 0.496 e. The molecular weight excluding hydrogens is 378 g/mol. The molecule has 0 spiro atoms. The Morgan fingerprint density at radius 2 is 1.87 bits per heavy atom. The molecule has 0 bridgehead atoms. The number of benzene rings is 2. The molecule has 150 valence electrons. The first-order valence-electron chi connectivity index (χ1n) is 9.57. The molecule has 7 nitrogen and oxygen atoms in total. The third kappa shape index (κ3) is 4.35. The highest BCUT2D eigenvalue weighted by molar-refractivity contribution is 5.94. The number of fused-ring (bicyclic) bond motifs is 1. The lowest BCUT2D eigenvalue weighted by Crippen LogP contribution is -2.26. The predicted molar refractivity (Wildman–Crippen MR) is 116 cm³/mol. The maximum atomic E-state index is 12.5. The Hall–Kier alpha value is -4.00. The SMILES string of the molecule is COc1ccccc1CCNC(=O)c1cc(Nc2cccc3cccnc23)ncn1. The molecule has 4 rings (SSSR count). The van der Waals surface area contributed by atoms with Crippen LogP contribution >= 0.6 is 0 Å². The number of methoxy groups -OCH3 is 1. The van der Waals surface area contributed by atoms with Crippen LogP contribution in [0.3, 0.4) is 0 Å². The van der Waals surface area contributed by atoms with Crippen molar-refractivity contribution >= 4 is 28.3 Å². The van der Waals surface area contributed by atoms with Crippen LogP contribution in [0.25, 0.3) is 10.9 Å². The van der Waals surface area contributed by atoms with Crippen molar-refractivity contribution in [1.82, 2.24) is 20.3 Å². The Balaban J connectivity index is 1.43. The number of hydrogen-bond donors (Lipinski definition) is 2. The van der Waals surface area contributed by atoms with Crippen molar-refractivity contribution in [3.05, 3.63) is 84.4 Å². The topological polar surface area (TPSA) is 89.0 Å². The first kappa shape index (κ1) is 19.3. The second kappa shape index (κ2) is 9.00. The number of hydrogen-bond acceptors (Lipinski definition) is 6. The number of aromatic nitrogens is 3. The highest BCUT2D eigenvalue weighted by Gasteiger charge is 2.10. The number of carbonyl (C=O) groups is 1. The van der Waals surface area contributed by atoms with Crippen LogP contribution in [0.1, 0.15) is 16.1 Å². The summed E-state index contributed by atoms with van der Waals surface area (Å²) in [5.74, 6) is 1.08. The molecule has 2 N–H and O–H groups in total. The molecule has 0 fully saturated rings. The molecule has 0 saturated heterocycles. The highest BCUT2D eigenvalue weighted by atomic mass is 16.5. The van der Waals surface area contributed by atoms with Gasteiger partial charge in [0.05, 0.1) is 18.3 Å². The van der Waals surface area contributed by atoms with Gasteiger partial charge in [-0.2, -0.15) is 0 Å². The van der Waals surface area contributed by atoms with E-state index < -0.39 is 0 Å². The van der Waals surface area contributed by atoms with Crippen LogP contribution in [0.2, 0.25) is 0 Å². The molecule has 0 aliphatic heterocycles. The lowest BCUT2D eigenvalue weighted by molar-refractivity contribution is 0.0949. The van der Waals surface area contributed by atoms with Crippen LogP contribution in [0.5, 0.6) is 5.75 Å². The van der Waals surface area contributed by atoms with Gasteiger partial charge in [-0.15, -0.1) is 0 Å². The van der Waals surface area contributed by atoms with Gasteiger partial charge >= 0.3 is 0 Å². The molecule has 4 aromatic rings. The van der Waals surface area contributed by atoms with Crippen molar-refractivity contribution < 1.29 is 9.53 Å². The van der Waals surface area contributed by atoms with E-state index in [9.17, 15) is 4.79 Å². The Morgan fingerprint density at radius 1 is 1.00 bits per heavy atom. The molecule has 30 heavy (non-hydrogen) atoms. The first-order chi connectivity index (χ1) is 14.7. The zero-order chi connectivity index (χ0) is 20.8. The van der Waals surface area contributed by atoms with Crippen molar-refractivity contribution in [2.24, 2.45) is 0 Å². The zero-order valence-corrected chi connectivity index (χ0v) is 16.5. The van der Waals surface area contributed by atoms with Crippen LogP contribution in [-0.4, -0.2) is 34.5 Å². The van der Waals surface area contributed by atoms with E-state index in [1.54, 1.807) is 19.4 Å². The highest BCUT2D eigenvalue weighted by Crippen LogP contribution is 2.23. The van der Waals surface area contributed by atoms with E-state index in [0.29, 0.717) is 24.5 Å². The molecule has 0 radical (unpaired) electrons. The van der Waals surface area contributed by atoms with Crippen LogP contribution in [0, 0.1) is 0 Å². The summed E-state index contributed by atoms with van der Waals surface area (Å²) in [6, 6.07) is 19.1. The summed E-state index contributed by atoms with van der Waals surface area (Å²) in [7, 11) is 1.64. The fraction of sp³-hybridized carbons (Fsp3) is 0.130. The van der Waals surface area contributed by atoms with Gasteiger partial charge < -0.3 is 15.4 Å². The van der Waals surface area contributed by atoms with Crippen LogP contribution < -0.4 is 15.4 Å². The van der Waals surface area contributed by atoms with Gasteiger partial charge in [0.1, 0.15) is 23.6 Å². The Kier molecular flexibility index (Phi) is 5.80. The van der Waals surface area contributed by atoms with Crippen molar-refractivity contribution in [3.8, 4) is 5.75 Å². The molecule has 0 saturated carbocycles. The molecule has 2 aromatic carbocycles. The summed E-state index contributed by atoms with van der Waals surface area (Å²) in [6.07, 6.45) is 3.78. The fourth-order valence-electron chi connectivity index (χ4n) is 3.20. The molecule has 2 heterocycles. The van der Waals surface area contributed by atoms with Gasteiger partial charge in [-0.1, -0.05) is 36.4 Å². The zero-order valence-electron chi connectivity index (χ0n) is 16.5. The van der Waals surface area contributed by atoms with Gasteiger partial charge in [0.2, 0.25) is 0 Å². The second-order valence-corrected chi connectivity index (χ2v) is 6.61. The molecule has 0 aliphatic rings. The Labute approximate surface area is 174 Å². The van der Waals surface area contributed by atoms with Gasteiger partial charge in [-0.05, 0) is 30.2 Å². The van der Waals surface area contributed by atoms with Gasteiger partial charge in [0.15, 0.2) is 0 Å². The predicted octanol–water partition coefficient (Wildman–Crippen LogP) is 3.75. The summed E-state index contributed by atoms with van der Waals surface area (Å²) in [4.78, 5) is 25.3. The van der Waals surface area contributed by atoms with Crippen LogP contribution in [-0.2, 0) is 6.42 Å². The fourth-order valence-corrected chi connectivity index (χ4v) is 3.20. The molecule has 0 unspecified atom stereocenters. The van der Waals surface area contributed by atoms with Crippen molar-refractivity contribution in [2.75, 3.05) is 19.0 Å². The maximum Gasteiger partial charge on any atom is 0.270 e. The number of rotatable bonds is 7. The van der Waals surface area contributed by atoms with E-state index >= 15 is 0 Å². The average Bonchev–Trinajstić information content (AvgIpc) is 2.80. The van der Waals surface area contributed by atoms with Crippen molar-refractivity contribution in [2.45, 2.75) is 6.42 Å². The molecular formula is C23H21N5O2. The Morgan fingerprint density at radius 3 is 2.77 bits per heavy atom. The summed E-state index contributed by atoms with van der Waals surface area (Å²) in [5.41, 5.74) is 2.98. The molecule has 2 aromatic heterocycles. The summed E-state index contributed by atoms with van der Waals surface area (Å²) in [6.45, 7) is 0.471. The second-order valence-electron chi connectivity index (χ2n) is 6.61. The van der Waals surface area contributed by atoms with E-state index in [1.165, 1.54) is 6.33 Å². The van der Waals surface area contributed by atoms with E-state index in [0.717, 1.165) is 27.9 Å². The van der Waals surface area contributed by atoms with Crippen LogP contribution in [0.15, 0.2) is 73.2 Å². The minimum Gasteiger partial charge on any atom is -0.496 e. The summed E-state index contributed by atoms with van der Waals surface area (Å²) < 4.78 is 5.34. The lowest BCUT2D eigenvalue weighted by atomic mass is 10.1. The third-order valence-corrected chi connectivity index (χ3v) is 4.67. The van der Waals surface area contributed by atoms with E-state index in [-0.39, 0.29) is 5.91 Å². The molecule has 1 amide bonds. The number of nitrogens with zero attached hydrogens (tertiary/aromatic N) is 3. The monoisotopic (exact) mass is 399 g/mol. The van der Waals surface area contributed by atoms with Gasteiger partial charge in [0, 0.05) is 24.2 Å². The van der Waals surface area contributed by atoms with Gasteiger partial charge in [-0.3, -0.25) is 9.78 Å².